The third-order valence-corrected chi connectivity index (χ3v) is 7.69. The van der Waals surface area contributed by atoms with Crippen molar-refractivity contribution >= 4 is 39.1 Å². The van der Waals surface area contributed by atoms with Crippen LogP contribution in [0.2, 0.25) is 0 Å². The monoisotopic (exact) mass is 447 g/mol. The second kappa shape index (κ2) is 9.85. The molecule has 1 heterocycles. The maximum absolute atomic E-state index is 13.1. The summed E-state index contributed by atoms with van der Waals surface area (Å²) in [4.78, 5) is 14.9. The average Bonchev–Trinajstić information content (AvgIpc) is 2.75. The molecule has 0 unspecified atom stereocenters. The Hall–Kier alpha value is -2.03. The van der Waals surface area contributed by atoms with Crippen molar-refractivity contribution in [1.82, 2.24) is 4.31 Å². The lowest BCUT2D eigenvalue weighted by atomic mass is 10.1. The minimum atomic E-state index is -3.58. The van der Waals surface area contributed by atoms with Crippen LogP contribution in [-0.4, -0.2) is 52.1 Å². The summed E-state index contributed by atoms with van der Waals surface area (Å²) in [6.45, 7) is 1.09. The summed E-state index contributed by atoms with van der Waals surface area (Å²) >= 11 is 1.73. The number of anilines is 2. The van der Waals surface area contributed by atoms with Crippen LogP contribution in [0.15, 0.2) is 47.4 Å². The van der Waals surface area contributed by atoms with Gasteiger partial charge < -0.3 is 10.2 Å². The molecule has 1 aliphatic rings. The predicted molar refractivity (Wildman–Crippen MR) is 125 cm³/mol. The van der Waals surface area contributed by atoms with Gasteiger partial charge in [0.15, 0.2) is 0 Å². The lowest BCUT2D eigenvalue weighted by Gasteiger charge is -2.26. The maximum Gasteiger partial charge on any atom is 0.255 e. The summed E-state index contributed by atoms with van der Waals surface area (Å²) in [5.41, 5.74) is 2.92. The Morgan fingerprint density at radius 3 is 2.33 bits per heavy atom. The molecule has 1 saturated heterocycles. The van der Waals surface area contributed by atoms with Crippen LogP contribution < -0.4 is 10.2 Å². The maximum atomic E-state index is 13.1. The zero-order valence-corrected chi connectivity index (χ0v) is 19.4. The van der Waals surface area contributed by atoms with Gasteiger partial charge in [0.1, 0.15) is 0 Å². The number of carbonyl (C=O) groups is 1. The molecule has 8 heteroatoms. The van der Waals surface area contributed by atoms with Crippen LogP contribution >= 0.6 is 11.8 Å². The molecule has 162 valence electrons. The number of amides is 1. The normalized spacial score (nSPS) is 15.0. The van der Waals surface area contributed by atoms with Gasteiger partial charge in [-0.05, 0) is 55.0 Å². The molecule has 30 heavy (non-hydrogen) atoms. The van der Waals surface area contributed by atoms with E-state index in [4.69, 9.17) is 0 Å². The standard InChI is InChI=1S/C22H29N3O3S2/c1-24(2)21-12-11-19(30(27,28)25-13-5-4-6-14-25)15-20(21)23-22(26)18-9-7-17(8-10-18)16-29-3/h7-12,15H,4-6,13-14,16H2,1-3H3,(H,23,26). The highest BCUT2D eigenvalue weighted by atomic mass is 32.2. The van der Waals surface area contributed by atoms with Crippen LogP contribution in [0.5, 0.6) is 0 Å². The van der Waals surface area contributed by atoms with Crippen molar-refractivity contribution < 1.29 is 13.2 Å². The molecule has 1 amide bonds. The van der Waals surface area contributed by atoms with E-state index in [0.29, 0.717) is 24.3 Å². The molecule has 0 aliphatic carbocycles. The molecule has 0 saturated carbocycles. The smallest absolute Gasteiger partial charge is 0.255 e. The molecule has 6 nitrogen and oxygen atoms in total. The first-order chi connectivity index (χ1) is 14.3. The fraction of sp³-hybridized carbons (Fsp3) is 0.409. The van der Waals surface area contributed by atoms with Gasteiger partial charge in [-0.1, -0.05) is 18.6 Å². The van der Waals surface area contributed by atoms with Crippen molar-refractivity contribution in [1.29, 1.82) is 0 Å². The Morgan fingerprint density at radius 2 is 1.73 bits per heavy atom. The zero-order valence-electron chi connectivity index (χ0n) is 17.7. The third kappa shape index (κ3) is 5.17. The summed E-state index contributed by atoms with van der Waals surface area (Å²) in [5.74, 6) is 0.629. The van der Waals surface area contributed by atoms with E-state index in [2.05, 4.69) is 5.32 Å². The zero-order chi connectivity index (χ0) is 21.7. The summed E-state index contributed by atoms with van der Waals surface area (Å²) < 4.78 is 27.7. The first-order valence-corrected chi connectivity index (χ1v) is 12.9. The summed E-state index contributed by atoms with van der Waals surface area (Å²) in [6, 6.07) is 12.4. The molecular weight excluding hydrogens is 418 g/mol. The van der Waals surface area contributed by atoms with Gasteiger partial charge in [-0.25, -0.2) is 8.42 Å². The topological polar surface area (TPSA) is 69.7 Å². The number of thioether (sulfide) groups is 1. The summed E-state index contributed by atoms with van der Waals surface area (Å²) in [5, 5.41) is 2.91. The van der Waals surface area contributed by atoms with Crippen LogP contribution in [0, 0.1) is 0 Å². The van der Waals surface area contributed by atoms with Crippen molar-refractivity contribution in [2.24, 2.45) is 0 Å². The molecule has 2 aromatic carbocycles. The Balaban J connectivity index is 1.88. The Kier molecular flexibility index (Phi) is 7.44. The van der Waals surface area contributed by atoms with Crippen LogP contribution in [0.3, 0.4) is 0 Å². The predicted octanol–water partition coefficient (Wildman–Crippen LogP) is 4.04. The van der Waals surface area contributed by atoms with E-state index in [-0.39, 0.29) is 10.8 Å². The first-order valence-electron chi connectivity index (χ1n) is 10.0. The number of carbonyl (C=O) groups excluding carboxylic acids is 1. The van der Waals surface area contributed by atoms with Crippen molar-refractivity contribution in [3.8, 4) is 0 Å². The van der Waals surface area contributed by atoms with E-state index in [1.807, 2.05) is 37.4 Å². The Bertz CT molecular complexity index is 983. The summed E-state index contributed by atoms with van der Waals surface area (Å²) in [7, 11) is 0.146. The largest absolute Gasteiger partial charge is 0.376 e. The minimum Gasteiger partial charge on any atom is -0.376 e. The van der Waals surface area contributed by atoms with Gasteiger partial charge in [0.2, 0.25) is 10.0 Å². The van der Waals surface area contributed by atoms with Crippen molar-refractivity contribution in [2.45, 2.75) is 29.9 Å². The molecular formula is C22H29N3O3S2. The SMILES string of the molecule is CSCc1ccc(C(=O)Nc2cc(S(=O)(=O)N3CCCCC3)ccc2N(C)C)cc1. The summed E-state index contributed by atoms with van der Waals surface area (Å²) in [6.07, 6.45) is 4.85. The molecule has 0 atom stereocenters. The second-order valence-electron chi connectivity index (χ2n) is 7.62. The molecule has 0 bridgehead atoms. The number of hydrogen-bond donors (Lipinski definition) is 1. The Morgan fingerprint density at radius 1 is 1.07 bits per heavy atom. The molecule has 3 rings (SSSR count). The molecule has 0 radical (unpaired) electrons. The van der Waals surface area contributed by atoms with E-state index >= 15 is 0 Å². The average molecular weight is 448 g/mol. The number of sulfonamides is 1. The van der Waals surface area contributed by atoms with Crippen molar-refractivity contribution in [3.63, 3.8) is 0 Å². The van der Waals surface area contributed by atoms with Gasteiger partial charge >= 0.3 is 0 Å². The molecule has 1 fully saturated rings. The second-order valence-corrected chi connectivity index (χ2v) is 10.4. The van der Waals surface area contributed by atoms with Gasteiger partial charge in [-0.15, -0.1) is 0 Å². The lowest BCUT2D eigenvalue weighted by Crippen LogP contribution is -2.35. The number of nitrogens with one attached hydrogen (secondary N) is 1. The van der Waals surface area contributed by atoms with E-state index in [0.717, 1.165) is 36.3 Å². The molecule has 0 spiro atoms. The fourth-order valence-corrected chi connectivity index (χ4v) is 5.60. The van der Waals surface area contributed by atoms with E-state index in [1.165, 1.54) is 4.31 Å². The molecule has 1 aliphatic heterocycles. The van der Waals surface area contributed by atoms with Gasteiger partial charge in [0, 0.05) is 38.5 Å². The van der Waals surface area contributed by atoms with E-state index in [9.17, 15) is 13.2 Å². The van der Waals surface area contributed by atoms with Gasteiger partial charge in [-0.2, -0.15) is 16.1 Å². The van der Waals surface area contributed by atoms with Crippen LogP contribution in [0.1, 0.15) is 35.2 Å². The number of hydrogen-bond acceptors (Lipinski definition) is 5. The van der Waals surface area contributed by atoms with Crippen LogP contribution in [0.25, 0.3) is 0 Å². The highest BCUT2D eigenvalue weighted by Crippen LogP contribution is 2.30. The molecule has 0 aromatic heterocycles. The first kappa shape index (κ1) is 22.7. The fourth-order valence-electron chi connectivity index (χ4n) is 3.53. The molecule has 2 aromatic rings. The highest BCUT2D eigenvalue weighted by molar-refractivity contribution is 7.97. The van der Waals surface area contributed by atoms with Crippen LogP contribution in [-0.2, 0) is 15.8 Å². The molecule has 1 N–H and O–H groups in total. The number of rotatable bonds is 7. The number of benzene rings is 2. The lowest BCUT2D eigenvalue weighted by molar-refractivity contribution is 0.102. The van der Waals surface area contributed by atoms with Gasteiger partial charge in [0.25, 0.3) is 5.91 Å². The minimum absolute atomic E-state index is 0.209. The van der Waals surface area contributed by atoms with E-state index < -0.39 is 10.0 Å². The third-order valence-electron chi connectivity index (χ3n) is 5.18. The Labute approximate surface area is 183 Å². The van der Waals surface area contributed by atoms with Crippen molar-refractivity contribution in [2.75, 3.05) is 43.7 Å². The van der Waals surface area contributed by atoms with Gasteiger partial charge in [0.05, 0.1) is 16.3 Å². The van der Waals surface area contributed by atoms with Crippen LogP contribution in [0.4, 0.5) is 11.4 Å². The van der Waals surface area contributed by atoms with Crippen molar-refractivity contribution in [3.05, 3.63) is 53.6 Å². The number of piperidine rings is 1. The van der Waals surface area contributed by atoms with Gasteiger partial charge in [-0.3, -0.25) is 4.79 Å². The quantitative estimate of drug-likeness (QED) is 0.694. The van der Waals surface area contributed by atoms with E-state index in [1.54, 1.807) is 42.1 Å². The highest BCUT2D eigenvalue weighted by Gasteiger charge is 2.27. The number of nitrogens with zero attached hydrogens (tertiary/aromatic N) is 2.